The number of benzene rings is 1. The van der Waals surface area contributed by atoms with E-state index in [1.807, 2.05) is 0 Å². The van der Waals surface area contributed by atoms with Crippen LogP contribution in [0.3, 0.4) is 0 Å². The van der Waals surface area contributed by atoms with Crippen molar-refractivity contribution in [2.45, 2.75) is 39.3 Å². The standard InChI is InChI=1S/C16H19ClFN3/c1-10(2)16-12-8-19-6-5-15(12)21(20-16)9-11-3-4-14(18)13(17)7-11/h3-4,7,10,19H,5-6,8-9H2,1-2H3. The van der Waals surface area contributed by atoms with Crippen LogP contribution in [0.4, 0.5) is 4.39 Å². The normalized spacial score (nSPS) is 14.5. The molecular formula is C16H19ClFN3. The second-order valence-corrected chi connectivity index (χ2v) is 6.21. The first-order chi connectivity index (χ1) is 10.1. The van der Waals surface area contributed by atoms with Crippen molar-refractivity contribution in [1.82, 2.24) is 15.1 Å². The largest absolute Gasteiger partial charge is 0.312 e. The van der Waals surface area contributed by atoms with Gasteiger partial charge >= 0.3 is 0 Å². The number of rotatable bonds is 3. The molecule has 0 amide bonds. The van der Waals surface area contributed by atoms with E-state index in [-0.39, 0.29) is 10.8 Å². The van der Waals surface area contributed by atoms with E-state index in [1.54, 1.807) is 12.1 Å². The number of hydrogen-bond donors (Lipinski definition) is 1. The van der Waals surface area contributed by atoms with Crippen LogP contribution < -0.4 is 5.32 Å². The van der Waals surface area contributed by atoms with E-state index in [0.717, 1.165) is 30.8 Å². The van der Waals surface area contributed by atoms with Crippen LogP contribution in [0, 0.1) is 5.82 Å². The lowest BCUT2D eigenvalue weighted by Gasteiger charge is -2.16. The third-order valence-corrected chi connectivity index (χ3v) is 4.19. The monoisotopic (exact) mass is 307 g/mol. The number of nitrogens with one attached hydrogen (secondary N) is 1. The van der Waals surface area contributed by atoms with Crippen LogP contribution >= 0.6 is 11.6 Å². The highest BCUT2D eigenvalue weighted by Crippen LogP contribution is 2.25. The quantitative estimate of drug-likeness (QED) is 0.940. The Morgan fingerprint density at radius 1 is 1.43 bits per heavy atom. The molecule has 1 aromatic carbocycles. The average molecular weight is 308 g/mol. The smallest absolute Gasteiger partial charge is 0.141 e. The van der Waals surface area contributed by atoms with Crippen LogP contribution in [0.5, 0.6) is 0 Å². The van der Waals surface area contributed by atoms with Gasteiger partial charge in [-0.25, -0.2) is 4.39 Å². The Morgan fingerprint density at radius 3 is 2.95 bits per heavy atom. The second-order valence-electron chi connectivity index (χ2n) is 5.80. The van der Waals surface area contributed by atoms with Crippen LogP contribution in [0.15, 0.2) is 18.2 Å². The third kappa shape index (κ3) is 2.83. The maximum Gasteiger partial charge on any atom is 0.141 e. The van der Waals surface area contributed by atoms with Gasteiger partial charge in [0, 0.05) is 30.8 Å². The molecule has 1 aliphatic heterocycles. The zero-order valence-electron chi connectivity index (χ0n) is 12.3. The van der Waals surface area contributed by atoms with Gasteiger partial charge in [-0.2, -0.15) is 5.10 Å². The van der Waals surface area contributed by atoms with Crippen molar-refractivity contribution in [3.63, 3.8) is 0 Å². The van der Waals surface area contributed by atoms with Gasteiger partial charge < -0.3 is 5.32 Å². The van der Waals surface area contributed by atoms with E-state index in [0.29, 0.717) is 12.5 Å². The van der Waals surface area contributed by atoms with Gasteiger partial charge in [0.25, 0.3) is 0 Å². The second kappa shape index (κ2) is 5.78. The summed E-state index contributed by atoms with van der Waals surface area (Å²) < 4.78 is 15.3. The lowest BCUT2D eigenvalue weighted by atomic mass is 10.0. The van der Waals surface area contributed by atoms with Gasteiger partial charge in [0.1, 0.15) is 5.82 Å². The molecule has 5 heteroatoms. The molecule has 0 radical (unpaired) electrons. The molecule has 0 bridgehead atoms. The van der Waals surface area contributed by atoms with Gasteiger partial charge in [-0.15, -0.1) is 0 Å². The molecule has 0 saturated heterocycles. The summed E-state index contributed by atoms with van der Waals surface area (Å²) >= 11 is 5.86. The fourth-order valence-corrected chi connectivity index (χ4v) is 3.06. The molecule has 112 valence electrons. The molecule has 3 nitrogen and oxygen atoms in total. The summed E-state index contributed by atoms with van der Waals surface area (Å²) in [5, 5.41) is 8.35. The summed E-state index contributed by atoms with van der Waals surface area (Å²) in [4.78, 5) is 0. The SMILES string of the molecule is CC(C)c1nn(Cc2ccc(F)c(Cl)c2)c2c1CNCC2. The number of halogens is 2. The van der Waals surface area contributed by atoms with Crippen molar-refractivity contribution in [3.05, 3.63) is 51.6 Å². The van der Waals surface area contributed by atoms with Crippen molar-refractivity contribution in [3.8, 4) is 0 Å². The fourth-order valence-electron chi connectivity index (χ4n) is 2.85. The molecule has 1 N–H and O–H groups in total. The molecule has 1 aromatic heterocycles. The number of fused-ring (bicyclic) bond motifs is 1. The van der Waals surface area contributed by atoms with E-state index in [9.17, 15) is 4.39 Å². The summed E-state index contributed by atoms with van der Waals surface area (Å²) in [7, 11) is 0. The minimum Gasteiger partial charge on any atom is -0.312 e. The maximum atomic E-state index is 13.3. The van der Waals surface area contributed by atoms with Gasteiger partial charge in [0.2, 0.25) is 0 Å². The lowest BCUT2D eigenvalue weighted by Crippen LogP contribution is -2.25. The first-order valence-corrected chi connectivity index (χ1v) is 7.67. The minimum absolute atomic E-state index is 0.166. The molecule has 2 aromatic rings. The summed E-state index contributed by atoms with van der Waals surface area (Å²) in [5.41, 5.74) is 4.74. The van der Waals surface area contributed by atoms with Crippen molar-refractivity contribution < 1.29 is 4.39 Å². The Bertz CT molecular complexity index is 664. The van der Waals surface area contributed by atoms with Gasteiger partial charge in [-0.05, 0) is 23.6 Å². The van der Waals surface area contributed by atoms with Crippen LogP contribution in [-0.2, 0) is 19.5 Å². The predicted octanol–water partition coefficient (Wildman–Crippen LogP) is 3.49. The lowest BCUT2D eigenvalue weighted by molar-refractivity contribution is 0.580. The van der Waals surface area contributed by atoms with Gasteiger partial charge in [0.15, 0.2) is 0 Å². The molecule has 0 spiro atoms. The number of hydrogen-bond acceptors (Lipinski definition) is 2. The van der Waals surface area contributed by atoms with E-state index in [4.69, 9.17) is 16.7 Å². The topological polar surface area (TPSA) is 29.9 Å². The minimum atomic E-state index is -0.380. The van der Waals surface area contributed by atoms with Gasteiger partial charge in [-0.3, -0.25) is 4.68 Å². The van der Waals surface area contributed by atoms with E-state index >= 15 is 0 Å². The summed E-state index contributed by atoms with van der Waals surface area (Å²) in [6.45, 7) is 6.81. The van der Waals surface area contributed by atoms with Gasteiger partial charge in [0.05, 0.1) is 17.3 Å². The van der Waals surface area contributed by atoms with E-state index < -0.39 is 0 Å². The Balaban J connectivity index is 1.96. The summed E-state index contributed by atoms with van der Waals surface area (Å²) in [6.07, 6.45) is 0.976. The Kier molecular flexibility index (Phi) is 4.00. The van der Waals surface area contributed by atoms with Gasteiger partial charge in [-0.1, -0.05) is 31.5 Å². The molecule has 0 atom stereocenters. The summed E-state index contributed by atoms with van der Waals surface area (Å²) in [6, 6.07) is 4.87. The Labute approximate surface area is 129 Å². The third-order valence-electron chi connectivity index (χ3n) is 3.90. The molecule has 21 heavy (non-hydrogen) atoms. The molecule has 1 aliphatic rings. The molecule has 0 aliphatic carbocycles. The molecular weight excluding hydrogens is 289 g/mol. The van der Waals surface area contributed by atoms with Crippen LogP contribution in [0.25, 0.3) is 0 Å². The molecule has 0 saturated carbocycles. The first-order valence-electron chi connectivity index (χ1n) is 7.29. The zero-order valence-corrected chi connectivity index (χ0v) is 13.0. The number of aromatic nitrogens is 2. The first kappa shape index (κ1) is 14.5. The molecule has 2 heterocycles. The predicted molar refractivity (Wildman–Crippen MR) is 82.2 cm³/mol. The van der Waals surface area contributed by atoms with Crippen molar-refractivity contribution >= 4 is 11.6 Å². The van der Waals surface area contributed by atoms with Crippen molar-refractivity contribution in [2.24, 2.45) is 0 Å². The average Bonchev–Trinajstić information content (AvgIpc) is 2.82. The summed E-state index contributed by atoms with van der Waals surface area (Å²) in [5.74, 6) is 0.0201. The van der Waals surface area contributed by atoms with Crippen LogP contribution in [0.2, 0.25) is 5.02 Å². The molecule has 3 rings (SSSR count). The van der Waals surface area contributed by atoms with Crippen molar-refractivity contribution in [1.29, 1.82) is 0 Å². The van der Waals surface area contributed by atoms with E-state index in [2.05, 4.69) is 23.8 Å². The highest BCUT2D eigenvalue weighted by Gasteiger charge is 2.22. The molecule has 0 fully saturated rings. The van der Waals surface area contributed by atoms with Crippen LogP contribution in [-0.4, -0.2) is 16.3 Å². The number of nitrogens with zero attached hydrogens (tertiary/aromatic N) is 2. The molecule has 0 unspecified atom stereocenters. The van der Waals surface area contributed by atoms with Crippen LogP contribution in [0.1, 0.15) is 42.3 Å². The Morgan fingerprint density at radius 2 is 2.24 bits per heavy atom. The highest BCUT2D eigenvalue weighted by molar-refractivity contribution is 6.30. The van der Waals surface area contributed by atoms with Crippen molar-refractivity contribution in [2.75, 3.05) is 6.54 Å². The zero-order chi connectivity index (χ0) is 15.0. The highest BCUT2D eigenvalue weighted by atomic mass is 35.5. The Hall–Kier alpha value is -1.39. The fraction of sp³-hybridized carbons (Fsp3) is 0.438. The maximum absolute atomic E-state index is 13.3. The van der Waals surface area contributed by atoms with E-state index in [1.165, 1.54) is 17.3 Å².